The Bertz CT molecular complexity index is 1260. The number of carbonyl (C=O) groups excluding carboxylic acids is 1. The molecule has 1 aromatic heterocycles. The molecule has 4 rings (SSSR count). The number of fused-ring (bicyclic) bond motifs is 1. The van der Waals surface area contributed by atoms with E-state index in [0.717, 1.165) is 22.4 Å². The highest BCUT2D eigenvalue weighted by Gasteiger charge is 2.16. The number of nitrogens with one attached hydrogen (secondary N) is 2. The number of rotatable bonds is 6. The summed E-state index contributed by atoms with van der Waals surface area (Å²) < 4.78 is 24.7. The van der Waals surface area contributed by atoms with Gasteiger partial charge in [-0.1, -0.05) is 23.7 Å². The summed E-state index contributed by atoms with van der Waals surface area (Å²) in [6.07, 6.45) is -0.143. The minimum Gasteiger partial charge on any atom is -0.338 e. The van der Waals surface area contributed by atoms with Gasteiger partial charge < -0.3 is 10.3 Å². The van der Waals surface area contributed by atoms with Crippen molar-refractivity contribution in [3.63, 3.8) is 0 Å². The van der Waals surface area contributed by atoms with E-state index in [-0.39, 0.29) is 23.0 Å². The van der Waals surface area contributed by atoms with Crippen molar-refractivity contribution in [2.45, 2.75) is 11.3 Å². The van der Waals surface area contributed by atoms with E-state index in [4.69, 9.17) is 11.6 Å². The molecule has 1 amide bonds. The third-order valence-corrected chi connectivity index (χ3v) is 6.59. The number of aromatic nitrogens is 2. The van der Waals surface area contributed by atoms with Crippen molar-refractivity contribution in [1.29, 1.82) is 0 Å². The largest absolute Gasteiger partial charge is 0.338 e. The first kappa shape index (κ1) is 20.1. The highest BCUT2D eigenvalue weighted by atomic mass is 35.5. The standard InChI is InChI=1S/C22H18ClN3O3S/c23-16-7-11-18(12-8-16)30(28,29)14-13-21(27)24-17-9-5-15(6-10-17)22-25-19-3-1-2-4-20(19)26-22/h1-12H,13-14H2,(H,24,27)(H,25,26). The van der Waals surface area contributed by atoms with Crippen molar-refractivity contribution in [2.24, 2.45) is 0 Å². The number of anilines is 1. The Labute approximate surface area is 178 Å². The van der Waals surface area contributed by atoms with E-state index in [0.29, 0.717) is 10.7 Å². The van der Waals surface area contributed by atoms with Gasteiger partial charge in [0.15, 0.2) is 9.84 Å². The van der Waals surface area contributed by atoms with E-state index in [1.54, 1.807) is 12.1 Å². The maximum absolute atomic E-state index is 12.3. The fraction of sp³-hybridized carbons (Fsp3) is 0.0909. The molecule has 3 aromatic carbocycles. The Morgan fingerprint density at radius 2 is 1.67 bits per heavy atom. The molecule has 0 spiro atoms. The molecule has 152 valence electrons. The highest BCUT2D eigenvalue weighted by Crippen LogP contribution is 2.22. The van der Waals surface area contributed by atoms with Crippen LogP contribution in [0.25, 0.3) is 22.4 Å². The van der Waals surface area contributed by atoms with Crippen LogP contribution in [0.15, 0.2) is 77.7 Å². The SMILES string of the molecule is O=C(CCS(=O)(=O)c1ccc(Cl)cc1)Nc1ccc(-c2nc3ccccc3[nH]2)cc1. The average Bonchev–Trinajstić information content (AvgIpc) is 3.17. The molecule has 8 heteroatoms. The number of carbonyl (C=O) groups is 1. The smallest absolute Gasteiger partial charge is 0.225 e. The summed E-state index contributed by atoms with van der Waals surface area (Å²) in [4.78, 5) is 20.2. The second-order valence-corrected chi connectivity index (χ2v) is 9.30. The molecule has 4 aromatic rings. The van der Waals surface area contributed by atoms with Crippen LogP contribution in [0.5, 0.6) is 0 Å². The Morgan fingerprint density at radius 3 is 2.37 bits per heavy atom. The second-order valence-electron chi connectivity index (χ2n) is 6.75. The summed E-state index contributed by atoms with van der Waals surface area (Å²) in [6, 6.07) is 20.9. The Balaban J connectivity index is 1.38. The van der Waals surface area contributed by atoms with Crippen LogP contribution in [-0.2, 0) is 14.6 Å². The Morgan fingerprint density at radius 1 is 0.967 bits per heavy atom. The first-order valence-corrected chi connectivity index (χ1v) is 11.3. The van der Waals surface area contributed by atoms with Crippen molar-refractivity contribution in [3.05, 3.63) is 77.8 Å². The normalized spacial score (nSPS) is 11.5. The van der Waals surface area contributed by atoms with E-state index < -0.39 is 9.84 Å². The molecule has 6 nitrogen and oxygen atoms in total. The van der Waals surface area contributed by atoms with Crippen molar-refractivity contribution in [1.82, 2.24) is 9.97 Å². The number of imidazole rings is 1. The number of halogens is 1. The molecule has 1 heterocycles. The van der Waals surface area contributed by atoms with Gasteiger partial charge in [0.05, 0.1) is 21.7 Å². The van der Waals surface area contributed by atoms with Gasteiger partial charge in [-0.3, -0.25) is 4.79 Å². The zero-order chi connectivity index (χ0) is 21.1. The number of aromatic amines is 1. The zero-order valence-corrected chi connectivity index (χ0v) is 17.4. The number of H-pyrrole nitrogens is 1. The van der Waals surface area contributed by atoms with Gasteiger partial charge >= 0.3 is 0 Å². The number of benzene rings is 3. The Kier molecular flexibility index (Phi) is 5.57. The summed E-state index contributed by atoms with van der Waals surface area (Å²) in [5, 5.41) is 3.18. The van der Waals surface area contributed by atoms with Crippen molar-refractivity contribution in [2.75, 3.05) is 11.1 Å². The van der Waals surface area contributed by atoms with Gasteiger partial charge in [0.2, 0.25) is 5.91 Å². The predicted molar refractivity (Wildman–Crippen MR) is 118 cm³/mol. The first-order valence-electron chi connectivity index (χ1n) is 9.24. The van der Waals surface area contributed by atoms with Crippen LogP contribution in [0.3, 0.4) is 0 Å². The fourth-order valence-corrected chi connectivity index (χ4v) is 4.38. The van der Waals surface area contributed by atoms with Gasteiger partial charge in [-0.15, -0.1) is 0 Å². The third-order valence-electron chi connectivity index (χ3n) is 4.60. The number of hydrogen-bond acceptors (Lipinski definition) is 4. The Hall–Kier alpha value is -3.16. The molecule has 0 unspecified atom stereocenters. The zero-order valence-electron chi connectivity index (χ0n) is 15.8. The summed E-state index contributed by atoms with van der Waals surface area (Å²) in [7, 11) is -3.55. The van der Waals surface area contributed by atoms with Crippen LogP contribution in [0, 0.1) is 0 Å². The lowest BCUT2D eigenvalue weighted by Gasteiger charge is -2.07. The number of sulfone groups is 1. The molecule has 0 saturated carbocycles. The fourth-order valence-electron chi connectivity index (χ4n) is 3.01. The lowest BCUT2D eigenvalue weighted by molar-refractivity contribution is -0.115. The molecule has 0 aliphatic carbocycles. The molecule has 0 aliphatic heterocycles. The molecule has 2 N–H and O–H groups in total. The molecule has 0 atom stereocenters. The van der Waals surface area contributed by atoms with Gasteiger partial charge in [-0.25, -0.2) is 13.4 Å². The maximum atomic E-state index is 12.3. The van der Waals surface area contributed by atoms with E-state index in [2.05, 4.69) is 15.3 Å². The lowest BCUT2D eigenvalue weighted by atomic mass is 10.2. The molecular weight excluding hydrogens is 422 g/mol. The van der Waals surface area contributed by atoms with Gasteiger partial charge in [0.25, 0.3) is 0 Å². The topological polar surface area (TPSA) is 91.9 Å². The second kappa shape index (κ2) is 8.30. The minimum atomic E-state index is -3.55. The van der Waals surface area contributed by atoms with Gasteiger partial charge in [-0.2, -0.15) is 0 Å². The molecule has 0 saturated heterocycles. The number of nitrogens with zero attached hydrogens (tertiary/aromatic N) is 1. The van der Waals surface area contributed by atoms with Gasteiger partial charge in [-0.05, 0) is 60.7 Å². The van der Waals surface area contributed by atoms with Gasteiger partial charge in [0.1, 0.15) is 5.82 Å². The van der Waals surface area contributed by atoms with E-state index in [1.807, 2.05) is 36.4 Å². The molecule has 0 aliphatic rings. The monoisotopic (exact) mass is 439 g/mol. The predicted octanol–water partition coefficient (Wildman–Crippen LogP) is 4.69. The first-order chi connectivity index (χ1) is 14.4. The summed E-state index contributed by atoms with van der Waals surface area (Å²) >= 11 is 5.79. The molecular formula is C22H18ClN3O3S. The average molecular weight is 440 g/mol. The van der Waals surface area contributed by atoms with E-state index in [9.17, 15) is 13.2 Å². The maximum Gasteiger partial charge on any atom is 0.225 e. The van der Waals surface area contributed by atoms with Gasteiger partial charge in [0, 0.05) is 22.7 Å². The minimum absolute atomic E-state index is 0.143. The molecule has 0 fully saturated rings. The van der Waals surface area contributed by atoms with Crippen molar-refractivity contribution < 1.29 is 13.2 Å². The van der Waals surface area contributed by atoms with Crippen LogP contribution >= 0.6 is 11.6 Å². The number of amides is 1. The highest BCUT2D eigenvalue weighted by molar-refractivity contribution is 7.91. The van der Waals surface area contributed by atoms with Crippen molar-refractivity contribution >= 4 is 44.1 Å². The number of para-hydroxylation sites is 2. The van der Waals surface area contributed by atoms with Crippen LogP contribution in [0.2, 0.25) is 5.02 Å². The van der Waals surface area contributed by atoms with Crippen LogP contribution in [-0.4, -0.2) is 30.0 Å². The molecule has 0 bridgehead atoms. The third kappa shape index (κ3) is 4.53. The summed E-state index contributed by atoms with van der Waals surface area (Å²) in [5.74, 6) is 0.0875. The quantitative estimate of drug-likeness (QED) is 0.456. The van der Waals surface area contributed by atoms with Crippen molar-refractivity contribution in [3.8, 4) is 11.4 Å². The molecule has 0 radical (unpaired) electrons. The summed E-state index contributed by atoms with van der Waals surface area (Å²) in [5.41, 5.74) is 3.30. The number of hydrogen-bond donors (Lipinski definition) is 2. The molecule has 30 heavy (non-hydrogen) atoms. The van der Waals surface area contributed by atoms with Crippen LogP contribution < -0.4 is 5.32 Å². The summed E-state index contributed by atoms with van der Waals surface area (Å²) in [6.45, 7) is 0. The van der Waals surface area contributed by atoms with E-state index >= 15 is 0 Å². The lowest BCUT2D eigenvalue weighted by Crippen LogP contribution is -2.17. The van der Waals surface area contributed by atoms with Crippen LogP contribution in [0.4, 0.5) is 5.69 Å². The van der Waals surface area contributed by atoms with E-state index in [1.165, 1.54) is 24.3 Å². The van der Waals surface area contributed by atoms with Crippen LogP contribution in [0.1, 0.15) is 6.42 Å².